The van der Waals surface area contributed by atoms with Crippen molar-refractivity contribution in [2.75, 3.05) is 37.6 Å². The van der Waals surface area contributed by atoms with Gasteiger partial charge in [0.25, 0.3) is 11.7 Å². The summed E-state index contributed by atoms with van der Waals surface area (Å²) in [7, 11) is 0. The molecule has 1 aliphatic heterocycles. The van der Waals surface area contributed by atoms with Gasteiger partial charge in [0, 0.05) is 6.04 Å². The van der Waals surface area contributed by atoms with Crippen LogP contribution in [0.15, 0.2) is 12.3 Å². The van der Waals surface area contributed by atoms with Crippen molar-refractivity contribution in [3.8, 4) is 0 Å². The van der Waals surface area contributed by atoms with Gasteiger partial charge in [0.1, 0.15) is 37.4 Å². The van der Waals surface area contributed by atoms with Crippen molar-refractivity contribution < 1.29 is 27.8 Å². The molecule has 2 heterocycles. The van der Waals surface area contributed by atoms with Crippen LogP contribution in [0.25, 0.3) is 0 Å². The van der Waals surface area contributed by atoms with Crippen LogP contribution in [0.4, 0.5) is 19.0 Å². The number of quaternary nitrogens is 1. The molecule has 0 radical (unpaired) electrons. The molecular formula is C16H24ClF3N4O+2. The number of hydrogen-bond donors (Lipinski definition) is 2. The Labute approximate surface area is 150 Å². The molecule has 1 fully saturated rings. The third-order valence-corrected chi connectivity index (χ3v) is 4.71. The van der Waals surface area contributed by atoms with Gasteiger partial charge in [-0.25, -0.2) is 9.88 Å². The van der Waals surface area contributed by atoms with Crippen molar-refractivity contribution in [1.29, 1.82) is 0 Å². The number of rotatable bonds is 5. The summed E-state index contributed by atoms with van der Waals surface area (Å²) in [4.78, 5) is 17.7. The van der Waals surface area contributed by atoms with E-state index >= 15 is 0 Å². The van der Waals surface area contributed by atoms with Gasteiger partial charge in [-0.05, 0) is 19.4 Å². The fraction of sp³-hybridized carbons (Fsp3) is 0.625. The highest BCUT2D eigenvalue weighted by Gasteiger charge is 2.35. The summed E-state index contributed by atoms with van der Waals surface area (Å²) in [6.45, 7) is 7.07. The number of nitrogens with one attached hydrogen (secondary N) is 3. The fourth-order valence-electron chi connectivity index (χ4n) is 2.75. The molecule has 9 heteroatoms. The summed E-state index contributed by atoms with van der Waals surface area (Å²) in [5.74, 6) is 0.509. The molecule has 3 N–H and O–H groups in total. The molecule has 1 aromatic rings. The van der Waals surface area contributed by atoms with Gasteiger partial charge in [0.05, 0.1) is 5.56 Å². The van der Waals surface area contributed by atoms with E-state index in [9.17, 15) is 18.0 Å². The smallest absolute Gasteiger partial charge is 0.349 e. The van der Waals surface area contributed by atoms with Crippen LogP contribution in [0, 0.1) is 0 Å². The molecule has 1 amide bonds. The predicted molar refractivity (Wildman–Crippen MR) is 88.7 cm³/mol. The fourth-order valence-corrected chi connectivity index (χ4v) is 3.04. The molecule has 1 aromatic heterocycles. The first-order valence-electron chi connectivity index (χ1n) is 8.37. The summed E-state index contributed by atoms with van der Waals surface area (Å²) in [5, 5.41) is 2.99. The second-order valence-electron chi connectivity index (χ2n) is 6.37. The molecule has 140 valence electrons. The zero-order chi connectivity index (χ0) is 18.6. The third kappa shape index (κ3) is 5.47. The van der Waals surface area contributed by atoms with Crippen molar-refractivity contribution in [2.45, 2.75) is 32.5 Å². The van der Waals surface area contributed by atoms with E-state index in [0.717, 1.165) is 36.7 Å². The molecule has 1 aliphatic rings. The number of halogens is 4. The lowest BCUT2D eigenvalue weighted by Crippen LogP contribution is -3.16. The minimum atomic E-state index is -4.43. The monoisotopic (exact) mass is 380 g/mol. The third-order valence-electron chi connectivity index (χ3n) is 4.42. The van der Waals surface area contributed by atoms with E-state index in [1.165, 1.54) is 0 Å². The number of amides is 1. The summed E-state index contributed by atoms with van der Waals surface area (Å²) in [6, 6.07) is 1.10. The number of carbonyl (C=O) groups excluding carboxylic acids is 1. The molecule has 2 rings (SSSR count). The Bertz CT molecular complexity index is 604. The van der Waals surface area contributed by atoms with Crippen molar-refractivity contribution in [2.24, 2.45) is 0 Å². The Balaban J connectivity index is 1.91. The highest BCUT2D eigenvalue weighted by molar-refractivity contribution is 6.32. The summed E-state index contributed by atoms with van der Waals surface area (Å²) < 4.78 is 38.1. The molecule has 1 atom stereocenters. The number of pyridine rings is 1. The lowest BCUT2D eigenvalue weighted by molar-refractivity contribution is -0.892. The second kappa shape index (κ2) is 8.23. The number of H-pyrrole nitrogens is 1. The van der Waals surface area contributed by atoms with Crippen LogP contribution in [-0.2, 0) is 11.0 Å². The molecule has 0 unspecified atom stereocenters. The van der Waals surface area contributed by atoms with Crippen LogP contribution < -0.4 is 20.1 Å². The first-order valence-corrected chi connectivity index (χ1v) is 8.74. The van der Waals surface area contributed by atoms with Gasteiger partial charge in [-0.2, -0.15) is 13.2 Å². The lowest BCUT2D eigenvalue weighted by atomic mass is 10.2. The van der Waals surface area contributed by atoms with E-state index in [2.05, 4.69) is 10.3 Å². The Kier molecular flexibility index (Phi) is 6.51. The lowest BCUT2D eigenvalue weighted by Gasteiger charge is -2.28. The van der Waals surface area contributed by atoms with Crippen LogP contribution in [0.1, 0.15) is 25.8 Å². The van der Waals surface area contributed by atoms with E-state index in [0.29, 0.717) is 25.5 Å². The molecule has 25 heavy (non-hydrogen) atoms. The SMILES string of the molecule is CC[C@@H](C)NC(=O)C[NH+]1CCN(c2[nH+]cc(C(F)(F)F)cc2Cl)CC1. The van der Waals surface area contributed by atoms with Gasteiger partial charge in [0.15, 0.2) is 6.54 Å². The number of nitrogens with zero attached hydrogens (tertiary/aromatic N) is 1. The largest absolute Gasteiger partial charge is 0.419 e. The number of piperazine rings is 1. The molecule has 5 nitrogen and oxygen atoms in total. The number of hydrogen-bond acceptors (Lipinski definition) is 2. The Morgan fingerprint density at radius 2 is 2.08 bits per heavy atom. The minimum Gasteiger partial charge on any atom is -0.349 e. The van der Waals surface area contributed by atoms with Gasteiger partial charge in [-0.3, -0.25) is 4.79 Å². The molecule has 0 bridgehead atoms. The Morgan fingerprint density at radius 1 is 1.44 bits per heavy atom. The zero-order valence-electron chi connectivity index (χ0n) is 14.3. The minimum absolute atomic E-state index is 0.0249. The van der Waals surface area contributed by atoms with E-state index < -0.39 is 11.7 Å². The normalized spacial score (nSPS) is 17.4. The van der Waals surface area contributed by atoms with Crippen LogP contribution in [0.3, 0.4) is 0 Å². The quantitative estimate of drug-likeness (QED) is 0.793. The van der Waals surface area contributed by atoms with E-state index in [-0.39, 0.29) is 17.0 Å². The number of aromatic amines is 1. The highest BCUT2D eigenvalue weighted by Crippen LogP contribution is 2.31. The topological polar surface area (TPSA) is 50.9 Å². The summed E-state index contributed by atoms with van der Waals surface area (Å²) in [5.41, 5.74) is -0.799. The average Bonchev–Trinajstić information content (AvgIpc) is 2.54. The van der Waals surface area contributed by atoms with E-state index in [1.807, 2.05) is 18.7 Å². The number of aromatic nitrogens is 1. The van der Waals surface area contributed by atoms with Gasteiger partial charge in [0.2, 0.25) is 0 Å². The highest BCUT2D eigenvalue weighted by atomic mass is 35.5. The first-order chi connectivity index (χ1) is 11.7. The predicted octanol–water partition coefficient (Wildman–Crippen LogP) is 0.793. The number of alkyl halides is 3. The van der Waals surface area contributed by atoms with Gasteiger partial charge < -0.3 is 10.2 Å². The molecule has 0 aliphatic carbocycles. The zero-order valence-corrected chi connectivity index (χ0v) is 15.1. The van der Waals surface area contributed by atoms with Crippen LogP contribution >= 0.6 is 11.6 Å². The first kappa shape index (κ1) is 19.8. The van der Waals surface area contributed by atoms with Crippen molar-refractivity contribution in [1.82, 2.24) is 5.32 Å². The molecule has 0 saturated carbocycles. The van der Waals surface area contributed by atoms with Crippen LogP contribution in [-0.4, -0.2) is 44.7 Å². The standard InChI is InChI=1S/C16H22ClF3N4O/c1-3-11(2)22-14(25)10-23-4-6-24(7-5-23)15-13(17)8-12(9-21-15)16(18,19)20/h8-9,11H,3-7,10H2,1-2H3,(H,22,25)/p+2/t11-/m1/s1. The van der Waals surface area contributed by atoms with Crippen LogP contribution in [0.2, 0.25) is 5.02 Å². The van der Waals surface area contributed by atoms with Gasteiger partial charge in [-0.15, -0.1) is 0 Å². The average molecular weight is 381 g/mol. The molecule has 1 saturated heterocycles. The number of carbonyl (C=O) groups is 1. The van der Waals surface area contributed by atoms with Crippen molar-refractivity contribution in [3.05, 3.63) is 22.8 Å². The Morgan fingerprint density at radius 3 is 2.60 bits per heavy atom. The molecule has 0 aromatic carbocycles. The maximum Gasteiger partial charge on any atom is 0.419 e. The van der Waals surface area contributed by atoms with Gasteiger partial charge >= 0.3 is 6.18 Å². The maximum absolute atomic E-state index is 12.7. The summed E-state index contributed by atoms with van der Waals surface area (Å²) >= 11 is 6.02. The van der Waals surface area contributed by atoms with Gasteiger partial charge in [-0.1, -0.05) is 18.5 Å². The number of anilines is 1. The van der Waals surface area contributed by atoms with E-state index in [1.54, 1.807) is 0 Å². The molecule has 0 spiro atoms. The van der Waals surface area contributed by atoms with Crippen LogP contribution in [0.5, 0.6) is 0 Å². The maximum atomic E-state index is 12.7. The second-order valence-corrected chi connectivity index (χ2v) is 6.78. The molecular weight excluding hydrogens is 357 g/mol. The Hall–Kier alpha value is -1.54. The van der Waals surface area contributed by atoms with Crippen molar-refractivity contribution in [3.63, 3.8) is 0 Å². The summed E-state index contributed by atoms with van der Waals surface area (Å²) in [6.07, 6.45) is -2.61. The van der Waals surface area contributed by atoms with Crippen molar-refractivity contribution >= 4 is 23.3 Å². The van der Waals surface area contributed by atoms with E-state index in [4.69, 9.17) is 11.6 Å².